The second-order valence-electron chi connectivity index (χ2n) is 7.53. The van der Waals surface area contributed by atoms with Crippen LogP contribution < -0.4 is 5.32 Å². The summed E-state index contributed by atoms with van der Waals surface area (Å²) in [4.78, 5) is 14.6. The van der Waals surface area contributed by atoms with Gasteiger partial charge in [-0.05, 0) is 32.2 Å². The zero-order chi connectivity index (χ0) is 14.6. The highest BCUT2D eigenvalue weighted by Crippen LogP contribution is 2.33. The molecule has 0 aromatic heterocycles. The van der Waals surface area contributed by atoms with E-state index in [0.29, 0.717) is 5.91 Å². The standard InChI is InChI=1S/C17H32N2O/c1-14(2)8-7-11-17(9-5-4-6-10-17)18-16(20)15-12-19(3)13-15/h14-15H,4-13H2,1-3H3,(H,18,20). The van der Waals surface area contributed by atoms with E-state index in [9.17, 15) is 4.79 Å². The number of amides is 1. The van der Waals surface area contributed by atoms with Crippen LogP contribution >= 0.6 is 0 Å². The Bertz CT molecular complexity index is 315. The van der Waals surface area contributed by atoms with E-state index in [2.05, 4.69) is 31.1 Å². The predicted molar refractivity (Wildman–Crippen MR) is 83.6 cm³/mol. The molecule has 0 radical (unpaired) electrons. The van der Waals surface area contributed by atoms with E-state index < -0.39 is 0 Å². The van der Waals surface area contributed by atoms with E-state index in [4.69, 9.17) is 0 Å². The summed E-state index contributed by atoms with van der Waals surface area (Å²) in [6.45, 7) is 6.45. The Morgan fingerprint density at radius 3 is 2.45 bits per heavy atom. The van der Waals surface area contributed by atoms with Crippen molar-refractivity contribution in [3.63, 3.8) is 0 Å². The Labute approximate surface area is 124 Å². The first kappa shape index (κ1) is 15.8. The van der Waals surface area contributed by atoms with Crippen LogP contribution in [-0.2, 0) is 4.79 Å². The summed E-state index contributed by atoms with van der Waals surface area (Å²) in [6, 6.07) is 0. The topological polar surface area (TPSA) is 32.3 Å². The van der Waals surface area contributed by atoms with Crippen LogP contribution in [0.5, 0.6) is 0 Å². The second-order valence-corrected chi connectivity index (χ2v) is 7.53. The molecule has 0 spiro atoms. The number of hydrogen-bond donors (Lipinski definition) is 1. The molecule has 20 heavy (non-hydrogen) atoms. The minimum atomic E-state index is 0.123. The number of rotatable bonds is 6. The Balaban J connectivity index is 1.87. The maximum Gasteiger partial charge on any atom is 0.226 e. The van der Waals surface area contributed by atoms with Crippen molar-refractivity contribution >= 4 is 5.91 Å². The van der Waals surface area contributed by atoms with Crippen LogP contribution in [0, 0.1) is 11.8 Å². The van der Waals surface area contributed by atoms with Crippen LogP contribution in [0.4, 0.5) is 0 Å². The van der Waals surface area contributed by atoms with Crippen LogP contribution in [0.2, 0.25) is 0 Å². The highest BCUT2D eigenvalue weighted by Gasteiger charge is 2.37. The van der Waals surface area contributed by atoms with E-state index in [1.807, 2.05) is 0 Å². The fourth-order valence-electron chi connectivity index (χ4n) is 3.74. The fraction of sp³-hybridized carbons (Fsp3) is 0.941. The predicted octanol–water partition coefficient (Wildman–Crippen LogP) is 3.19. The lowest BCUT2D eigenvalue weighted by Crippen LogP contribution is -2.58. The van der Waals surface area contributed by atoms with Gasteiger partial charge in [-0.15, -0.1) is 0 Å². The lowest BCUT2D eigenvalue weighted by Gasteiger charge is -2.42. The van der Waals surface area contributed by atoms with Gasteiger partial charge in [-0.25, -0.2) is 0 Å². The van der Waals surface area contributed by atoms with Gasteiger partial charge in [0.15, 0.2) is 0 Å². The van der Waals surface area contributed by atoms with Crippen LogP contribution in [0.25, 0.3) is 0 Å². The molecule has 1 saturated carbocycles. The Morgan fingerprint density at radius 1 is 1.25 bits per heavy atom. The molecule has 0 atom stereocenters. The average Bonchev–Trinajstić information content (AvgIpc) is 2.35. The molecule has 0 unspecified atom stereocenters. The van der Waals surface area contributed by atoms with Gasteiger partial charge in [0.2, 0.25) is 5.91 Å². The molecule has 3 heteroatoms. The van der Waals surface area contributed by atoms with Crippen molar-refractivity contribution in [1.29, 1.82) is 0 Å². The first-order valence-electron chi connectivity index (χ1n) is 8.51. The van der Waals surface area contributed by atoms with Gasteiger partial charge in [-0.3, -0.25) is 4.79 Å². The maximum absolute atomic E-state index is 12.4. The summed E-state index contributed by atoms with van der Waals surface area (Å²) >= 11 is 0. The fourth-order valence-corrected chi connectivity index (χ4v) is 3.74. The summed E-state index contributed by atoms with van der Waals surface area (Å²) in [7, 11) is 2.09. The molecule has 0 bridgehead atoms. The number of likely N-dealkylation sites (tertiary alicyclic amines) is 1. The Kier molecular flexibility index (Phi) is 5.48. The highest BCUT2D eigenvalue weighted by atomic mass is 16.2. The van der Waals surface area contributed by atoms with Crippen LogP contribution in [0.15, 0.2) is 0 Å². The highest BCUT2D eigenvalue weighted by molar-refractivity contribution is 5.80. The summed E-state index contributed by atoms with van der Waals surface area (Å²) in [5.41, 5.74) is 0.123. The largest absolute Gasteiger partial charge is 0.350 e. The van der Waals surface area contributed by atoms with Gasteiger partial charge in [0.25, 0.3) is 0 Å². The zero-order valence-corrected chi connectivity index (χ0v) is 13.6. The van der Waals surface area contributed by atoms with E-state index in [1.165, 1.54) is 51.4 Å². The van der Waals surface area contributed by atoms with Crippen molar-refractivity contribution < 1.29 is 4.79 Å². The van der Waals surface area contributed by atoms with Gasteiger partial charge in [-0.2, -0.15) is 0 Å². The van der Waals surface area contributed by atoms with Gasteiger partial charge < -0.3 is 10.2 Å². The zero-order valence-electron chi connectivity index (χ0n) is 13.6. The number of nitrogens with zero attached hydrogens (tertiary/aromatic N) is 1. The molecular weight excluding hydrogens is 248 g/mol. The lowest BCUT2D eigenvalue weighted by atomic mass is 9.77. The third kappa shape index (κ3) is 4.21. The molecule has 2 fully saturated rings. The molecule has 2 aliphatic rings. The molecule has 1 amide bonds. The van der Waals surface area contributed by atoms with Crippen LogP contribution in [-0.4, -0.2) is 36.5 Å². The second kappa shape index (κ2) is 6.93. The molecule has 1 N–H and O–H groups in total. The molecule has 1 saturated heterocycles. The lowest BCUT2D eigenvalue weighted by molar-refractivity contribution is -0.132. The Hall–Kier alpha value is -0.570. The van der Waals surface area contributed by atoms with Crippen molar-refractivity contribution in [2.24, 2.45) is 11.8 Å². The summed E-state index contributed by atoms with van der Waals surface area (Å²) in [5, 5.41) is 3.46. The van der Waals surface area contributed by atoms with E-state index in [1.54, 1.807) is 0 Å². The normalized spacial score (nSPS) is 23.6. The molecule has 3 nitrogen and oxygen atoms in total. The quantitative estimate of drug-likeness (QED) is 0.810. The van der Waals surface area contributed by atoms with Crippen molar-refractivity contribution in [2.75, 3.05) is 20.1 Å². The molecule has 0 aromatic rings. The maximum atomic E-state index is 12.4. The summed E-state index contributed by atoms with van der Waals surface area (Å²) in [5.74, 6) is 1.32. The van der Waals surface area contributed by atoms with Gasteiger partial charge >= 0.3 is 0 Å². The molecular formula is C17H32N2O. The van der Waals surface area contributed by atoms with Gasteiger partial charge in [0, 0.05) is 18.6 Å². The third-order valence-corrected chi connectivity index (χ3v) is 5.07. The first-order chi connectivity index (χ1) is 9.51. The van der Waals surface area contributed by atoms with Crippen molar-refractivity contribution in [3.8, 4) is 0 Å². The first-order valence-corrected chi connectivity index (χ1v) is 8.51. The monoisotopic (exact) mass is 280 g/mol. The summed E-state index contributed by atoms with van der Waals surface area (Å²) < 4.78 is 0. The number of hydrogen-bond acceptors (Lipinski definition) is 2. The van der Waals surface area contributed by atoms with Crippen LogP contribution in [0.1, 0.15) is 65.2 Å². The van der Waals surface area contributed by atoms with Crippen molar-refractivity contribution in [1.82, 2.24) is 10.2 Å². The van der Waals surface area contributed by atoms with Crippen molar-refractivity contribution in [2.45, 2.75) is 70.8 Å². The average molecular weight is 280 g/mol. The minimum Gasteiger partial charge on any atom is -0.350 e. The van der Waals surface area contributed by atoms with Gasteiger partial charge in [-0.1, -0.05) is 46.0 Å². The third-order valence-electron chi connectivity index (χ3n) is 5.07. The van der Waals surface area contributed by atoms with Crippen LogP contribution in [0.3, 0.4) is 0 Å². The van der Waals surface area contributed by atoms with E-state index in [0.717, 1.165) is 19.0 Å². The SMILES string of the molecule is CC(C)CCCC1(NC(=O)C2CN(C)C2)CCCCC1. The van der Waals surface area contributed by atoms with E-state index in [-0.39, 0.29) is 11.5 Å². The number of carbonyl (C=O) groups is 1. The molecule has 0 aromatic carbocycles. The summed E-state index contributed by atoms with van der Waals surface area (Å²) in [6.07, 6.45) is 10.0. The smallest absolute Gasteiger partial charge is 0.226 e. The number of carbonyl (C=O) groups excluding carboxylic acids is 1. The number of nitrogens with one attached hydrogen (secondary N) is 1. The molecule has 2 rings (SSSR count). The van der Waals surface area contributed by atoms with E-state index >= 15 is 0 Å². The molecule has 116 valence electrons. The molecule has 1 heterocycles. The Morgan fingerprint density at radius 2 is 1.90 bits per heavy atom. The molecule has 1 aliphatic carbocycles. The molecule has 1 aliphatic heterocycles. The van der Waals surface area contributed by atoms with Gasteiger partial charge in [0.1, 0.15) is 0 Å². The van der Waals surface area contributed by atoms with Crippen molar-refractivity contribution in [3.05, 3.63) is 0 Å². The van der Waals surface area contributed by atoms with Gasteiger partial charge in [0.05, 0.1) is 5.92 Å². The minimum absolute atomic E-state index is 0.123.